The molecule has 108 valence electrons. The highest BCUT2D eigenvalue weighted by Gasteiger charge is 2.10. The van der Waals surface area contributed by atoms with E-state index < -0.39 is 0 Å². The lowest BCUT2D eigenvalue weighted by Gasteiger charge is -2.10. The van der Waals surface area contributed by atoms with Gasteiger partial charge in [0, 0.05) is 30.7 Å². The summed E-state index contributed by atoms with van der Waals surface area (Å²) < 4.78 is 2.04. The lowest BCUT2D eigenvalue weighted by Crippen LogP contribution is -2.10. The topological polar surface area (TPSA) is 47.1 Å². The van der Waals surface area contributed by atoms with Crippen LogP contribution in [0.5, 0.6) is 0 Å². The highest BCUT2D eigenvalue weighted by atomic mass is 15.0. The zero-order valence-electron chi connectivity index (χ0n) is 12.7. The molecule has 2 N–H and O–H groups in total. The van der Waals surface area contributed by atoms with Gasteiger partial charge in [-0.2, -0.15) is 0 Å². The molecule has 0 spiro atoms. The third kappa shape index (κ3) is 2.62. The minimum atomic E-state index is 0.694. The SMILES string of the molecule is CN(C)Cc1ccc(-c2cn(C)c3ncc(N)cc23)cc1. The van der Waals surface area contributed by atoms with Crippen molar-refractivity contribution in [3.63, 3.8) is 0 Å². The van der Waals surface area contributed by atoms with Crippen molar-refractivity contribution in [2.24, 2.45) is 7.05 Å². The predicted molar refractivity (Wildman–Crippen MR) is 88.0 cm³/mol. The maximum absolute atomic E-state index is 5.88. The van der Waals surface area contributed by atoms with E-state index in [1.165, 1.54) is 16.7 Å². The van der Waals surface area contributed by atoms with Crippen molar-refractivity contribution in [2.75, 3.05) is 19.8 Å². The average Bonchev–Trinajstić information content (AvgIpc) is 2.76. The molecule has 4 heteroatoms. The number of fused-ring (bicyclic) bond motifs is 1. The van der Waals surface area contributed by atoms with Gasteiger partial charge >= 0.3 is 0 Å². The Morgan fingerprint density at radius 2 is 1.90 bits per heavy atom. The number of aromatic nitrogens is 2. The van der Waals surface area contributed by atoms with Gasteiger partial charge < -0.3 is 15.2 Å². The van der Waals surface area contributed by atoms with Gasteiger partial charge in [0.15, 0.2) is 0 Å². The summed E-state index contributed by atoms with van der Waals surface area (Å²) in [4.78, 5) is 6.58. The Kier molecular flexibility index (Phi) is 3.39. The molecule has 0 aliphatic carbocycles. The number of nitrogens with two attached hydrogens (primary N) is 1. The van der Waals surface area contributed by atoms with Crippen LogP contribution in [0.4, 0.5) is 5.69 Å². The van der Waals surface area contributed by atoms with E-state index in [1.54, 1.807) is 6.20 Å². The van der Waals surface area contributed by atoms with Crippen LogP contribution >= 0.6 is 0 Å². The normalized spacial score (nSPS) is 11.4. The smallest absolute Gasteiger partial charge is 0.140 e. The summed E-state index contributed by atoms with van der Waals surface area (Å²) in [5.74, 6) is 0. The molecule has 3 aromatic rings. The molecule has 0 atom stereocenters. The summed E-state index contributed by atoms with van der Waals surface area (Å²) >= 11 is 0. The third-order valence-electron chi connectivity index (χ3n) is 3.60. The standard InChI is InChI=1S/C17H20N4/c1-20(2)10-12-4-6-13(7-5-12)16-11-21(3)17-15(16)8-14(18)9-19-17/h4-9,11H,10,18H2,1-3H3. The first-order chi connectivity index (χ1) is 10.0. The van der Waals surface area contributed by atoms with Crippen LogP contribution in [0, 0.1) is 0 Å². The van der Waals surface area contributed by atoms with Gasteiger partial charge in [-0.3, -0.25) is 0 Å². The Hall–Kier alpha value is -2.33. The number of nitrogen functional groups attached to an aromatic ring is 1. The molecule has 4 nitrogen and oxygen atoms in total. The fraction of sp³-hybridized carbons (Fsp3) is 0.235. The molecular weight excluding hydrogens is 260 g/mol. The van der Waals surface area contributed by atoms with E-state index in [4.69, 9.17) is 5.73 Å². The van der Waals surface area contributed by atoms with E-state index >= 15 is 0 Å². The van der Waals surface area contributed by atoms with E-state index in [2.05, 4.69) is 54.4 Å². The molecule has 0 saturated carbocycles. The first-order valence-electron chi connectivity index (χ1n) is 6.99. The van der Waals surface area contributed by atoms with Crippen LogP contribution < -0.4 is 5.73 Å². The van der Waals surface area contributed by atoms with Crippen molar-refractivity contribution < 1.29 is 0 Å². The third-order valence-corrected chi connectivity index (χ3v) is 3.60. The number of rotatable bonds is 3. The van der Waals surface area contributed by atoms with E-state index in [-0.39, 0.29) is 0 Å². The van der Waals surface area contributed by atoms with Crippen LogP contribution in [0.2, 0.25) is 0 Å². The van der Waals surface area contributed by atoms with Gasteiger partial charge in [0.1, 0.15) is 5.65 Å². The molecule has 0 bridgehead atoms. The van der Waals surface area contributed by atoms with Crippen molar-refractivity contribution in [1.82, 2.24) is 14.5 Å². The Morgan fingerprint density at radius 1 is 1.19 bits per heavy atom. The fourth-order valence-corrected chi connectivity index (χ4v) is 2.66. The molecule has 0 unspecified atom stereocenters. The molecule has 2 heterocycles. The molecular formula is C17H20N4. The quantitative estimate of drug-likeness (QED) is 0.802. The number of aryl methyl sites for hydroxylation is 1. The second-order valence-electron chi connectivity index (χ2n) is 5.73. The highest BCUT2D eigenvalue weighted by Crippen LogP contribution is 2.30. The second-order valence-corrected chi connectivity index (χ2v) is 5.73. The van der Waals surface area contributed by atoms with Gasteiger partial charge in [0.05, 0.1) is 11.9 Å². The average molecular weight is 280 g/mol. The van der Waals surface area contributed by atoms with Gasteiger partial charge in [-0.1, -0.05) is 24.3 Å². The second kappa shape index (κ2) is 5.22. The Morgan fingerprint density at radius 3 is 2.57 bits per heavy atom. The summed E-state index contributed by atoms with van der Waals surface area (Å²) in [6, 6.07) is 10.7. The Labute approximate surface area is 124 Å². The van der Waals surface area contributed by atoms with Gasteiger partial charge in [-0.05, 0) is 31.3 Å². The maximum atomic E-state index is 5.88. The predicted octanol–water partition coefficient (Wildman–Crippen LogP) is 2.88. The van der Waals surface area contributed by atoms with Crippen LogP contribution in [-0.2, 0) is 13.6 Å². The summed E-state index contributed by atoms with van der Waals surface area (Å²) in [5.41, 5.74) is 11.2. The Bertz CT molecular complexity index is 769. The zero-order valence-corrected chi connectivity index (χ0v) is 12.7. The van der Waals surface area contributed by atoms with Crippen molar-refractivity contribution in [1.29, 1.82) is 0 Å². The maximum Gasteiger partial charge on any atom is 0.140 e. The molecule has 0 radical (unpaired) electrons. The molecule has 2 aromatic heterocycles. The number of hydrogen-bond acceptors (Lipinski definition) is 3. The monoisotopic (exact) mass is 280 g/mol. The van der Waals surface area contributed by atoms with Crippen LogP contribution in [0.15, 0.2) is 42.7 Å². The summed E-state index contributed by atoms with van der Waals surface area (Å²) in [5, 5.41) is 1.10. The number of benzene rings is 1. The minimum absolute atomic E-state index is 0.694. The molecule has 0 fully saturated rings. The van der Waals surface area contributed by atoms with Crippen LogP contribution in [-0.4, -0.2) is 28.5 Å². The first kappa shape index (κ1) is 13.6. The van der Waals surface area contributed by atoms with Crippen LogP contribution in [0.25, 0.3) is 22.2 Å². The van der Waals surface area contributed by atoms with Crippen molar-refractivity contribution >= 4 is 16.7 Å². The number of hydrogen-bond donors (Lipinski definition) is 1. The largest absolute Gasteiger partial charge is 0.397 e. The van der Waals surface area contributed by atoms with Gasteiger partial charge in [0.25, 0.3) is 0 Å². The number of anilines is 1. The Balaban J connectivity index is 2.06. The molecule has 0 saturated heterocycles. The lowest BCUT2D eigenvalue weighted by molar-refractivity contribution is 0.402. The fourth-order valence-electron chi connectivity index (χ4n) is 2.66. The summed E-state index contributed by atoms with van der Waals surface area (Å²) in [6.45, 7) is 0.949. The van der Waals surface area contributed by atoms with E-state index in [1.807, 2.05) is 17.7 Å². The van der Waals surface area contributed by atoms with Crippen molar-refractivity contribution in [3.8, 4) is 11.1 Å². The molecule has 21 heavy (non-hydrogen) atoms. The van der Waals surface area contributed by atoms with Gasteiger partial charge in [0.2, 0.25) is 0 Å². The molecule has 0 aliphatic rings. The number of nitrogens with zero attached hydrogens (tertiary/aromatic N) is 3. The van der Waals surface area contributed by atoms with Gasteiger partial charge in [-0.25, -0.2) is 4.98 Å². The zero-order chi connectivity index (χ0) is 15.0. The number of pyridine rings is 1. The molecule has 1 aromatic carbocycles. The highest BCUT2D eigenvalue weighted by molar-refractivity contribution is 5.95. The van der Waals surface area contributed by atoms with Gasteiger partial charge in [-0.15, -0.1) is 0 Å². The lowest BCUT2D eigenvalue weighted by atomic mass is 10.0. The summed E-state index contributed by atoms with van der Waals surface area (Å²) in [6.07, 6.45) is 3.81. The van der Waals surface area contributed by atoms with Crippen molar-refractivity contribution in [3.05, 3.63) is 48.3 Å². The van der Waals surface area contributed by atoms with Crippen molar-refractivity contribution in [2.45, 2.75) is 6.54 Å². The summed E-state index contributed by atoms with van der Waals surface area (Å²) in [7, 11) is 6.16. The molecule has 3 rings (SSSR count). The minimum Gasteiger partial charge on any atom is -0.397 e. The van der Waals surface area contributed by atoms with E-state index in [0.717, 1.165) is 17.6 Å². The van der Waals surface area contributed by atoms with E-state index in [9.17, 15) is 0 Å². The first-order valence-corrected chi connectivity index (χ1v) is 6.99. The van der Waals surface area contributed by atoms with E-state index in [0.29, 0.717) is 5.69 Å². The molecule has 0 amide bonds. The van der Waals surface area contributed by atoms with Crippen LogP contribution in [0.3, 0.4) is 0 Å². The molecule has 0 aliphatic heterocycles. The van der Waals surface area contributed by atoms with Crippen LogP contribution in [0.1, 0.15) is 5.56 Å².